The van der Waals surface area contributed by atoms with Crippen LogP contribution >= 0.6 is 0 Å². The van der Waals surface area contributed by atoms with Crippen LogP contribution in [0.4, 0.5) is 0 Å². The molecule has 0 spiro atoms. The fourth-order valence-electron chi connectivity index (χ4n) is 1.85. The first-order valence-electron chi connectivity index (χ1n) is 6.15. The van der Waals surface area contributed by atoms with E-state index in [0.717, 1.165) is 17.8 Å². The zero-order valence-electron chi connectivity index (χ0n) is 11.0. The van der Waals surface area contributed by atoms with Crippen molar-refractivity contribution in [3.8, 4) is 0 Å². The van der Waals surface area contributed by atoms with Gasteiger partial charge in [0.25, 0.3) is 0 Å². The summed E-state index contributed by atoms with van der Waals surface area (Å²) in [5, 5.41) is 0. The number of aromatic nitrogens is 1. The average molecular weight is 232 g/mol. The number of pyridine rings is 1. The maximum Gasteiger partial charge on any atom is 0.236 e. The second-order valence-corrected chi connectivity index (χ2v) is 5.63. The SMILES string of the molecule is CC(C)Cc1cccc(C2=NC(C)(C)CO2)n1. The summed E-state index contributed by atoms with van der Waals surface area (Å²) in [4.78, 5) is 9.15. The lowest BCUT2D eigenvalue weighted by molar-refractivity contribution is 0.279. The summed E-state index contributed by atoms with van der Waals surface area (Å²) in [6.07, 6.45) is 0.991. The molecule has 0 N–H and O–H groups in total. The molecule has 0 saturated carbocycles. The minimum absolute atomic E-state index is 0.120. The van der Waals surface area contributed by atoms with Gasteiger partial charge in [-0.1, -0.05) is 19.9 Å². The quantitative estimate of drug-likeness (QED) is 0.803. The molecule has 0 unspecified atom stereocenters. The van der Waals surface area contributed by atoms with Crippen LogP contribution in [0.1, 0.15) is 39.1 Å². The summed E-state index contributed by atoms with van der Waals surface area (Å²) in [6, 6.07) is 6.05. The Morgan fingerprint density at radius 1 is 1.35 bits per heavy atom. The highest BCUT2D eigenvalue weighted by Crippen LogP contribution is 2.20. The molecule has 1 aromatic rings. The van der Waals surface area contributed by atoms with Crippen LogP contribution < -0.4 is 0 Å². The van der Waals surface area contributed by atoms with Gasteiger partial charge in [0, 0.05) is 5.69 Å². The largest absolute Gasteiger partial charge is 0.474 e. The predicted molar refractivity (Wildman–Crippen MR) is 69.3 cm³/mol. The van der Waals surface area contributed by atoms with Crippen molar-refractivity contribution >= 4 is 5.90 Å². The Labute approximate surface area is 103 Å². The molecule has 3 heteroatoms. The molecule has 0 aliphatic carbocycles. The Morgan fingerprint density at radius 3 is 2.71 bits per heavy atom. The van der Waals surface area contributed by atoms with Gasteiger partial charge in [0.05, 0.1) is 5.54 Å². The second kappa shape index (κ2) is 4.47. The summed E-state index contributed by atoms with van der Waals surface area (Å²) in [5.41, 5.74) is 1.84. The molecule has 1 aliphatic heterocycles. The Balaban J connectivity index is 2.22. The minimum atomic E-state index is -0.120. The zero-order chi connectivity index (χ0) is 12.5. The summed E-state index contributed by atoms with van der Waals surface area (Å²) in [7, 11) is 0. The van der Waals surface area contributed by atoms with Crippen LogP contribution in [-0.2, 0) is 11.2 Å². The van der Waals surface area contributed by atoms with Gasteiger partial charge in [-0.05, 0) is 38.3 Å². The molecule has 92 valence electrons. The van der Waals surface area contributed by atoms with Crippen molar-refractivity contribution < 1.29 is 4.74 Å². The van der Waals surface area contributed by atoms with Crippen LogP contribution in [0, 0.1) is 5.92 Å². The fraction of sp³-hybridized carbons (Fsp3) is 0.571. The Hall–Kier alpha value is -1.38. The van der Waals surface area contributed by atoms with Crippen LogP contribution in [-0.4, -0.2) is 23.0 Å². The third kappa shape index (κ3) is 3.05. The standard InChI is InChI=1S/C14H20N2O/c1-10(2)8-11-6-5-7-12(15-11)13-16-14(3,4)9-17-13/h5-7,10H,8-9H2,1-4H3. The topological polar surface area (TPSA) is 34.5 Å². The van der Waals surface area contributed by atoms with Crippen molar-refractivity contribution in [1.29, 1.82) is 0 Å². The molecule has 0 radical (unpaired) electrons. The molecule has 0 atom stereocenters. The molecule has 0 saturated heterocycles. The van der Waals surface area contributed by atoms with E-state index in [1.54, 1.807) is 0 Å². The van der Waals surface area contributed by atoms with Crippen molar-refractivity contribution in [2.45, 2.75) is 39.7 Å². The van der Waals surface area contributed by atoms with Crippen molar-refractivity contribution in [2.75, 3.05) is 6.61 Å². The number of ether oxygens (including phenoxy) is 1. The van der Waals surface area contributed by atoms with Gasteiger partial charge in [-0.25, -0.2) is 9.98 Å². The molecule has 1 aliphatic rings. The van der Waals surface area contributed by atoms with Crippen LogP contribution in [0.5, 0.6) is 0 Å². The molecule has 3 nitrogen and oxygen atoms in total. The average Bonchev–Trinajstić information content (AvgIpc) is 2.58. The lowest BCUT2D eigenvalue weighted by atomic mass is 10.1. The number of nitrogens with zero attached hydrogens (tertiary/aromatic N) is 2. The van der Waals surface area contributed by atoms with Gasteiger partial charge in [0.2, 0.25) is 5.90 Å². The van der Waals surface area contributed by atoms with Gasteiger partial charge < -0.3 is 4.74 Å². The predicted octanol–water partition coefficient (Wildman–Crippen LogP) is 2.84. The molecule has 0 fully saturated rings. The van der Waals surface area contributed by atoms with Gasteiger partial charge in [-0.15, -0.1) is 0 Å². The maximum absolute atomic E-state index is 5.60. The summed E-state index contributed by atoms with van der Waals surface area (Å²) in [5.74, 6) is 1.29. The number of rotatable bonds is 3. The van der Waals surface area contributed by atoms with Crippen LogP contribution in [0.3, 0.4) is 0 Å². The minimum Gasteiger partial charge on any atom is -0.474 e. The van der Waals surface area contributed by atoms with Gasteiger partial charge in [-0.2, -0.15) is 0 Å². The number of hydrogen-bond acceptors (Lipinski definition) is 3. The van der Waals surface area contributed by atoms with E-state index < -0.39 is 0 Å². The van der Waals surface area contributed by atoms with E-state index in [1.165, 1.54) is 0 Å². The van der Waals surface area contributed by atoms with Crippen molar-refractivity contribution in [2.24, 2.45) is 10.9 Å². The number of aliphatic imine (C=N–C) groups is 1. The Kier molecular flexibility index (Phi) is 3.18. The van der Waals surface area contributed by atoms with Gasteiger partial charge in [0.1, 0.15) is 12.3 Å². The van der Waals surface area contributed by atoms with E-state index in [-0.39, 0.29) is 5.54 Å². The lowest BCUT2D eigenvalue weighted by Gasteiger charge is -2.07. The van der Waals surface area contributed by atoms with E-state index in [9.17, 15) is 0 Å². The van der Waals surface area contributed by atoms with Crippen LogP contribution in [0.2, 0.25) is 0 Å². The van der Waals surface area contributed by atoms with Crippen molar-refractivity contribution in [3.05, 3.63) is 29.6 Å². The first-order chi connectivity index (χ1) is 7.96. The maximum atomic E-state index is 5.60. The van der Waals surface area contributed by atoms with E-state index in [0.29, 0.717) is 18.4 Å². The first kappa shape index (κ1) is 12.1. The van der Waals surface area contributed by atoms with Crippen molar-refractivity contribution in [1.82, 2.24) is 4.98 Å². The molecular formula is C14H20N2O. The van der Waals surface area contributed by atoms with Crippen LogP contribution in [0.15, 0.2) is 23.2 Å². The van der Waals surface area contributed by atoms with Gasteiger partial charge in [-0.3, -0.25) is 0 Å². The highest BCUT2D eigenvalue weighted by Gasteiger charge is 2.27. The molecule has 0 bridgehead atoms. The molecule has 17 heavy (non-hydrogen) atoms. The Morgan fingerprint density at radius 2 is 2.12 bits per heavy atom. The van der Waals surface area contributed by atoms with E-state index >= 15 is 0 Å². The molecular weight excluding hydrogens is 212 g/mol. The third-order valence-electron chi connectivity index (χ3n) is 2.61. The van der Waals surface area contributed by atoms with Crippen molar-refractivity contribution in [3.63, 3.8) is 0 Å². The summed E-state index contributed by atoms with van der Waals surface area (Å²) in [6.45, 7) is 9.16. The summed E-state index contributed by atoms with van der Waals surface area (Å²) >= 11 is 0. The van der Waals surface area contributed by atoms with E-state index in [4.69, 9.17) is 4.74 Å². The monoisotopic (exact) mass is 232 g/mol. The normalized spacial score (nSPS) is 18.1. The highest BCUT2D eigenvalue weighted by atomic mass is 16.5. The molecule has 0 amide bonds. The first-order valence-corrected chi connectivity index (χ1v) is 6.15. The Bertz CT molecular complexity index is 436. The zero-order valence-corrected chi connectivity index (χ0v) is 11.0. The highest BCUT2D eigenvalue weighted by molar-refractivity contribution is 5.93. The molecule has 2 rings (SSSR count). The fourth-order valence-corrected chi connectivity index (χ4v) is 1.85. The van der Waals surface area contributed by atoms with Gasteiger partial charge >= 0.3 is 0 Å². The van der Waals surface area contributed by atoms with E-state index in [2.05, 4.69) is 43.7 Å². The van der Waals surface area contributed by atoms with Crippen LogP contribution in [0.25, 0.3) is 0 Å². The van der Waals surface area contributed by atoms with E-state index in [1.807, 2.05) is 12.1 Å². The molecule has 2 heterocycles. The lowest BCUT2D eigenvalue weighted by Crippen LogP contribution is -2.17. The summed E-state index contributed by atoms with van der Waals surface area (Å²) < 4.78 is 5.60. The molecule has 1 aromatic heterocycles. The van der Waals surface area contributed by atoms with Gasteiger partial charge in [0.15, 0.2) is 0 Å². The number of hydrogen-bond donors (Lipinski definition) is 0. The molecule has 0 aromatic carbocycles. The smallest absolute Gasteiger partial charge is 0.236 e. The second-order valence-electron chi connectivity index (χ2n) is 5.63. The third-order valence-corrected chi connectivity index (χ3v) is 2.61.